The van der Waals surface area contributed by atoms with Crippen molar-refractivity contribution < 1.29 is 14.0 Å². The average molecular weight is 356 g/mol. The van der Waals surface area contributed by atoms with Gasteiger partial charge in [-0.2, -0.15) is 0 Å². The van der Waals surface area contributed by atoms with Crippen LogP contribution in [0.5, 0.6) is 0 Å². The fourth-order valence-corrected chi connectivity index (χ4v) is 2.74. The molecule has 0 fully saturated rings. The van der Waals surface area contributed by atoms with Crippen molar-refractivity contribution in [2.24, 2.45) is 0 Å². The molecule has 0 bridgehead atoms. The Bertz CT molecular complexity index is 744. The second-order valence-corrected chi connectivity index (χ2v) is 6.19. The summed E-state index contributed by atoms with van der Waals surface area (Å²) in [5.41, 5.74) is 2.86. The van der Waals surface area contributed by atoms with E-state index in [1.807, 2.05) is 31.2 Å². The summed E-state index contributed by atoms with van der Waals surface area (Å²) < 4.78 is 12.9. The van der Waals surface area contributed by atoms with E-state index in [1.165, 1.54) is 19.1 Å². The van der Waals surface area contributed by atoms with Crippen LogP contribution in [0.4, 0.5) is 10.1 Å². The Balaban J connectivity index is 1.86. The second kappa shape index (κ2) is 9.70. The van der Waals surface area contributed by atoms with Gasteiger partial charge in [0.2, 0.25) is 11.8 Å². The van der Waals surface area contributed by atoms with E-state index in [2.05, 4.69) is 5.32 Å². The monoisotopic (exact) mass is 356 g/mol. The SMILES string of the molecule is CCc1ccccc1NC(=O)CCN(CCc1ccc(F)cc1)C(C)=O. The lowest BCUT2D eigenvalue weighted by Gasteiger charge is -2.21. The van der Waals surface area contributed by atoms with E-state index in [1.54, 1.807) is 17.0 Å². The Morgan fingerprint density at radius 3 is 2.38 bits per heavy atom. The first kappa shape index (κ1) is 19.6. The highest BCUT2D eigenvalue weighted by atomic mass is 19.1. The van der Waals surface area contributed by atoms with Gasteiger partial charge in [-0.3, -0.25) is 9.59 Å². The van der Waals surface area contributed by atoms with Gasteiger partial charge < -0.3 is 10.2 Å². The van der Waals surface area contributed by atoms with E-state index in [9.17, 15) is 14.0 Å². The normalized spacial score (nSPS) is 10.4. The largest absolute Gasteiger partial charge is 0.342 e. The highest BCUT2D eigenvalue weighted by Gasteiger charge is 2.12. The highest BCUT2D eigenvalue weighted by Crippen LogP contribution is 2.15. The minimum atomic E-state index is -0.277. The lowest BCUT2D eigenvalue weighted by Crippen LogP contribution is -2.33. The van der Waals surface area contributed by atoms with Gasteiger partial charge in [0.05, 0.1) is 0 Å². The van der Waals surface area contributed by atoms with Crippen LogP contribution in [0.15, 0.2) is 48.5 Å². The van der Waals surface area contributed by atoms with Crippen LogP contribution in [-0.2, 0) is 22.4 Å². The van der Waals surface area contributed by atoms with E-state index < -0.39 is 0 Å². The van der Waals surface area contributed by atoms with E-state index in [0.29, 0.717) is 19.5 Å². The van der Waals surface area contributed by atoms with Crippen LogP contribution in [0.2, 0.25) is 0 Å². The molecule has 0 aliphatic heterocycles. The molecule has 5 heteroatoms. The van der Waals surface area contributed by atoms with Crippen molar-refractivity contribution in [3.8, 4) is 0 Å². The molecule has 4 nitrogen and oxygen atoms in total. The fourth-order valence-electron chi connectivity index (χ4n) is 2.74. The maximum absolute atomic E-state index is 12.9. The quantitative estimate of drug-likeness (QED) is 0.782. The van der Waals surface area contributed by atoms with Crippen molar-refractivity contribution in [3.05, 3.63) is 65.5 Å². The molecule has 0 atom stereocenters. The molecule has 2 aromatic carbocycles. The number of para-hydroxylation sites is 1. The van der Waals surface area contributed by atoms with Crippen LogP contribution < -0.4 is 5.32 Å². The lowest BCUT2D eigenvalue weighted by atomic mass is 10.1. The Hall–Kier alpha value is -2.69. The fraction of sp³-hybridized carbons (Fsp3) is 0.333. The second-order valence-electron chi connectivity index (χ2n) is 6.19. The van der Waals surface area contributed by atoms with Crippen LogP contribution in [-0.4, -0.2) is 29.8 Å². The molecule has 0 spiro atoms. The number of nitrogens with zero attached hydrogens (tertiary/aromatic N) is 1. The Kier molecular flexibility index (Phi) is 7.33. The Morgan fingerprint density at radius 1 is 1.04 bits per heavy atom. The molecule has 0 radical (unpaired) electrons. The summed E-state index contributed by atoms with van der Waals surface area (Å²) in [7, 11) is 0. The molecule has 0 aliphatic carbocycles. The van der Waals surface area contributed by atoms with Crippen molar-refractivity contribution in [3.63, 3.8) is 0 Å². The van der Waals surface area contributed by atoms with Gasteiger partial charge in [-0.25, -0.2) is 4.39 Å². The zero-order chi connectivity index (χ0) is 18.9. The lowest BCUT2D eigenvalue weighted by molar-refractivity contribution is -0.129. The van der Waals surface area contributed by atoms with Gasteiger partial charge in [-0.05, 0) is 42.2 Å². The van der Waals surface area contributed by atoms with E-state index in [0.717, 1.165) is 23.2 Å². The maximum atomic E-state index is 12.9. The van der Waals surface area contributed by atoms with Crippen LogP contribution in [0, 0.1) is 5.82 Å². The third kappa shape index (κ3) is 5.99. The summed E-state index contributed by atoms with van der Waals surface area (Å²) in [6, 6.07) is 13.9. The van der Waals surface area contributed by atoms with Crippen molar-refractivity contribution in [1.29, 1.82) is 0 Å². The molecule has 2 amide bonds. The summed E-state index contributed by atoms with van der Waals surface area (Å²) in [6.07, 6.45) is 1.70. The van der Waals surface area contributed by atoms with Crippen molar-refractivity contribution in [2.75, 3.05) is 18.4 Å². The molecule has 2 aromatic rings. The van der Waals surface area contributed by atoms with Gasteiger partial charge >= 0.3 is 0 Å². The molecule has 1 N–H and O–H groups in total. The van der Waals surface area contributed by atoms with Gasteiger partial charge in [-0.1, -0.05) is 37.3 Å². The summed E-state index contributed by atoms with van der Waals surface area (Å²) in [6.45, 7) is 4.39. The topological polar surface area (TPSA) is 49.4 Å². The first-order valence-corrected chi connectivity index (χ1v) is 8.87. The zero-order valence-corrected chi connectivity index (χ0v) is 15.3. The summed E-state index contributed by atoms with van der Waals surface area (Å²) >= 11 is 0. The van der Waals surface area contributed by atoms with Crippen molar-refractivity contribution in [2.45, 2.75) is 33.1 Å². The van der Waals surface area contributed by atoms with Crippen LogP contribution in [0.3, 0.4) is 0 Å². The van der Waals surface area contributed by atoms with E-state index in [-0.39, 0.29) is 24.1 Å². The number of carbonyl (C=O) groups is 2. The number of hydrogen-bond donors (Lipinski definition) is 1. The predicted octanol–water partition coefficient (Wildman–Crippen LogP) is 3.81. The molecule has 138 valence electrons. The van der Waals surface area contributed by atoms with Gasteiger partial charge in [0, 0.05) is 32.1 Å². The molecule has 0 unspecified atom stereocenters. The van der Waals surface area contributed by atoms with Gasteiger partial charge in [-0.15, -0.1) is 0 Å². The smallest absolute Gasteiger partial charge is 0.226 e. The van der Waals surface area contributed by atoms with E-state index >= 15 is 0 Å². The van der Waals surface area contributed by atoms with E-state index in [4.69, 9.17) is 0 Å². The number of carbonyl (C=O) groups excluding carboxylic acids is 2. The Morgan fingerprint density at radius 2 is 1.73 bits per heavy atom. The molecule has 0 heterocycles. The summed E-state index contributed by atoms with van der Waals surface area (Å²) in [5.74, 6) is -0.464. The van der Waals surface area contributed by atoms with Gasteiger partial charge in [0.25, 0.3) is 0 Å². The highest BCUT2D eigenvalue weighted by molar-refractivity contribution is 5.91. The standard InChI is InChI=1S/C21H25FN2O2/c1-3-18-6-4-5-7-20(18)23-21(26)13-15-24(16(2)25)14-12-17-8-10-19(22)11-9-17/h4-11H,3,12-15H2,1-2H3,(H,23,26). The molecule has 0 aliphatic rings. The number of hydrogen-bond acceptors (Lipinski definition) is 2. The summed E-state index contributed by atoms with van der Waals surface area (Å²) in [5, 5.41) is 2.92. The average Bonchev–Trinajstić information content (AvgIpc) is 2.63. The molecule has 0 saturated carbocycles. The zero-order valence-electron chi connectivity index (χ0n) is 15.3. The molecular weight excluding hydrogens is 331 g/mol. The van der Waals surface area contributed by atoms with Crippen LogP contribution >= 0.6 is 0 Å². The van der Waals surface area contributed by atoms with Gasteiger partial charge in [0.1, 0.15) is 5.82 Å². The number of anilines is 1. The number of amides is 2. The first-order valence-electron chi connectivity index (χ1n) is 8.87. The number of aryl methyl sites for hydroxylation is 1. The van der Waals surface area contributed by atoms with Crippen molar-refractivity contribution >= 4 is 17.5 Å². The molecule has 0 saturated heterocycles. The first-order chi connectivity index (χ1) is 12.5. The van der Waals surface area contributed by atoms with Crippen LogP contribution in [0.1, 0.15) is 31.4 Å². The minimum Gasteiger partial charge on any atom is -0.342 e. The number of rotatable bonds is 8. The minimum absolute atomic E-state index is 0.0751. The van der Waals surface area contributed by atoms with Crippen LogP contribution in [0.25, 0.3) is 0 Å². The third-order valence-corrected chi connectivity index (χ3v) is 4.31. The summed E-state index contributed by atoms with van der Waals surface area (Å²) in [4.78, 5) is 25.7. The molecule has 2 rings (SSSR count). The molecule has 26 heavy (non-hydrogen) atoms. The van der Waals surface area contributed by atoms with Gasteiger partial charge in [0.15, 0.2) is 0 Å². The maximum Gasteiger partial charge on any atom is 0.226 e. The molecule has 0 aromatic heterocycles. The Labute approximate surface area is 154 Å². The predicted molar refractivity (Wildman–Crippen MR) is 101 cm³/mol. The number of halogens is 1. The number of nitrogens with one attached hydrogen (secondary N) is 1. The third-order valence-electron chi connectivity index (χ3n) is 4.31. The van der Waals surface area contributed by atoms with Crippen molar-refractivity contribution in [1.82, 2.24) is 4.90 Å². The molecular formula is C21H25FN2O2. The number of benzene rings is 2.